The van der Waals surface area contributed by atoms with E-state index in [1.54, 1.807) is 6.92 Å². The van der Waals surface area contributed by atoms with Gasteiger partial charge in [0.05, 0.1) is 0 Å². The van der Waals surface area contributed by atoms with E-state index in [0.717, 1.165) is 17.7 Å². The Labute approximate surface area is 141 Å². The summed E-state index contributed by atoms with van der Waals surface area (Å²) >= 11 is 0. The predicted molar refractivity (Wildman–Crippen MR) is 85.1 cm³/mol. The van der Waals surface area contributed by atoms with Crippen LogP contribution in [0.3, 0.4) is 0 Å². The van der Waals surface area contributed by atoms with Gasteiger partial charge in [0, 0.05) is 0 Å². The largest absolute Gasteiger partial charge is 0.480 e. The molecule has 0 bridgehead atoms. The monoisotopic (exact) mass is 339 g/mol. The first kappa shape index (κ1) is 18.2. The van der Waals surface area contributed by atoms with E-state index in [9.17, 15) is 24.3 Å². The maximum atomic E-state index is 12.6. The van der Waals surface area contributed by atoms with Crippen LogP contribution < -0.4 is 10.6 Å². The number of imide groups is 1. The molecule has 3 atom stereocenters. The fourth-order valence-electron chi connectivity index (χ4n) is 3.38. The zero-order chi connectivity index (χ0) is 18.1. The van der Waals surface area contributed by atoms with E-state index in [4.69, 9.17) is 0 Å². The van der Waals surface area contributed by atoms with Crippen molar-refractivity contribution in [2.45, 2.75) is 70.5 Å². The topological polar surface area (TPSA) is 116 Å². The van der Waals surface area contributed by atoms with Crippen molar-refractivity contribution in [1.82, 2.24) is 15.5 Å². The number of carbonyl (C=O) groups is 4. The molecule has 0 aromatic rings. The van der Waals surface area contributed by atoms with Crippen molar-refractivity contribution in [3.8, 4) is 0 Å². The minimum atomic E-state index is -1.13. The molecule has 0 radical (unpaired) electrons. The van der Waals surface area contributed by atoms with Crippen molar-refractivity contribution < 1.29 is 24.3 Å². The van der Waals surface area contributed by atoms with Crippen LogP contribution in [0.2, 0.25) is 0 Å². The van der Waals surface area contributed by atoms with Gasteiger partial charge in [-0.3, -0.25) is 9.59 Å². The Morgan fingerprint density at radius 2 is 1.88 bits per heavy atom. The highest BCUT2D eigenvalue weighted by Gasteiger charge is 2.54. The van der Waals surface area contributed by atoms with Crippen LogP contribution in [-0.4, -0.2) is 51.4 Å². The molecule has 1 unspecified atom stereocenters. The molecule has 2 rings (SSSR count). The van der Waals surface area contributed by atoms with Crippen LogP contribution in [0.15, 0.2) is 0 Å². The second kappa shape index (κ2) is 6.78. The van der Waals surface area contributed by atoms with Gasteiger partial charge in [0.1, 0.15) is 17.6 Å². The Hall–Kier alpha value is -2.12. The van der Waals surface area contributed by atoms with Gasteiger partial charge in [0.25, 0.3) is 5.91 Å². The molecule has 1 heterocycles. The van der Waals surface area contributed by atoms with Crippen LogP contribution in [0.25, 0.3) is 0 Å². The second-order valence-electron chi connectivity index (χ2n) is 6.78. The van der Waals surface area contributed by atoms with E-state index in [-0.39, 0.29) is 11.8 Å². The van der Waals surface area contributed by atoms with Crippen molar-refractivity contribution in [2.75, 3.05) is 0 Å². The molecule has 3 N–H and O–H groups in total. The molecule has 1 saturated heterocycles. The summed E-state index contributed by atoms with van der Waals surface area (Å²) in [6, 6.07) is -2.69. The summed E-state index contributed by atoms with van der Waals surface area (Å²) in [5.74, 6) is -2.42. The summed E-state index contributed by atoms with van der Waals surface area (Å²) in [5.41, 5.74) is -0.880. The maximum absolute atomic E-state index is 12.6. The Morgan fingerprint density at radius 1 is 1.29 bits per heavy atom. The normalized spacial score (nSPS) is 23.0. The van der Waals surface area contributed by atoms with Gasteiger partial charge in [-0.2, -0.15) is 0 Å². The third-order valence-corrected chi connectivity index (χ3v) is 5.19. The number of aliphatic carboxylic acids is 1. The van der Waals surface area contributed by atoms with Crippen LogP contribution in [-0.2, 0) is 14.4 Å². The fraction of sp³-hybridized carbons (Fsp3) is 0.750. The first-order valence-corrected chi connectivity index (χ1v) is 8.42. The third kappa shape index (κ3) is 3.09. The molecule has 2 fully saturated rings. The van der Waals surface area contributed by atoms with Gasteiger partial charge in [-0.15, -0.1) is 0 Å². The van der Waals surface area contributed by atoms with E-state index in [1.807, 2.05) is 6.92 Å². The highest BCUT2D eigenvalue weighted by Crippen LogP contribution is 2.35. The van der Waals surface area contributed by atoms with Crippen molar-refractivity contribution in [1.29, 1.82) is 0 Å². The maximum Gasteiger partial charge on any atom is 0.326 e. The minimum absolute atomic E-state index is 0.261. The predicted octanol–water partition coefficient (Wildman–Crippen LogP) is 0.855. The van der Waals surface area contributed by atoms with Crippen molar-refractivity contribution in [2.24, 2.45) is 5.92 Å². The Morgan fingerprint density at radius 3 is 2.38 bits per heavy atom. The third-order valence-electron chi connectivity index (χ3n) is 5.19. The summed E-state index contributed by atoms with van der Waals surface area (Å²) in [5, 5.41) is 14.4. The lowest BCUT2D eigenvalue weighted by Crippen LogP contribution is -2.54. The van der Waals surface area contributed by atoms with E-state index < -0.39 is 35.5 Å². The SMILES string of the molecule is CC[C@H](C)[C@H](NC(=O)C(C)N1C(=O)NC2(CCCC2)C1=O)C(=O)O. The molecule has 0 aromatic carbocycles. The van der Waals surface area contributed by atoms with Crippen molar-refractivity contribution >= 4 is 23.8 Å². The molecule has 8 nitrogen and oxygen atoms in total. The number of hydrogen-bond donors (Lipinski definition) is 3. The lowest BCUT2D eigenvalue weighted by atomic mass is 9.97. The highest BCUT2D eigenvalue weighted by atomic mass is 16.4. The molecule has 1 aliphatic heterocycles. The first-order chi connectivity index (χ1) is 11.2. The number of carboxylic acids is 1. The number of urea groups is 1. The molecule has 24 heavy (non-hydrogen) atoms. The van der Waals surface area contributed by atoms with Gasteiger partial charge in [-0.25, -0.2) is 14.5 Å². The van der Waals surface area contributed by atoms with Gasteiger partial charge in [0.15, 0.2) is 0 Å². The molecule has 1 saturated carbocycles. The second-order valence-corrected chi connectivity index (χ2v) is 6.78. The summed E-state index contributed by atoms with van der Waals surface area (Å²) in [7, 11) is 0. The van der Waals surface area contributed by atoms with Gasteiger partial charge in [-0.05, 0) is 25.7 Å². The Kier molecular flexibility index (Phi) is 5.15. The smallest absolute Gasteiger partial charge is 0.326 e. The van der Waals surface area contributed by atoms with Gasteiger partial charge < -0.3 is 15.7 Å². The minimum Gasteiger partial charge on any atom is -0.480 e. The number of carbonyl (C=O) groups excluding carboxylic acids is 3. The molecule has 8 heteroatoms. The number of carboxylic acid groups (broad SMARTS) is 1. The molecule has 4 amide bonds. The Bertz CT molecular complexity index is 556. The molecule has 1 aliphatic carbocycles. The number of hydrogen-bond acceptors (Lipinski definition) is 4. The number of amides is 4. The zero-order valence-electron chi connectivity index (χ0n) is 14.3. The number of nitrogens with zero attached hydrogens (tertiary/aromatic N) is 1. The molecule has 1 spiro atoms. The molecule has 134 valence electrons. The quantitative estimate of drug-likeness (QED) is 0.621. The summed E-state index contributed by atoms with van der Waals surface area (Å²) in [6.45, 7) is 5.00. The first-order valence-electron chi connectivity index (χ1n) is 8.42. The molecule has 0 aromatic heterocycles. The Balaban J connectivity index is 2.11. The van der Waals surface area contributed by atoms with Crippen LogP contribution in [0.1, 0.15) is 52.9 Å². The van der Waals surface area contributed by atoms with Crippen LogP contribution in [0.5, 0.6) is 0 Å². The van der Waals surface area contributed by atoms with Gasteiger partial charge in [-0.1, -0.05) is 33.1 Å². The fourth-order valence-corrected chi connectivity index (χ4v) is 3.38. The lowest BCUT2D eigenvalue weighted by molar-refractivity contribution is -0.144. The molecule has 2 aliphatic rings. The van der Waals surface area contributed by atoms with Crippen LogP contribution in [0, 0.1) is 5.92 Å². The number of nitrogens with one attached hydrogen (secondary N) is 2. The van der Waals surface area contributed by atoms with Gasteiger partial charge in [0.2, 0.25) is 5.91 Å². The van der Waals surface area contributed by atoms with Crippen molar-refractivity contribution in [3.05, 3.63) is 0 Å². The standard InChI is InChI=1S/C16H25N3O5/c1-4-9(2)11(13(21)22)17-12(20)10(3)19-14(23)16(18-15(19)24)7-5-6-8-16/h9-11H,4-8H2,1-3H3,(H,17,20)(H,18,24)(H,21,22)/t9-,10?,11-/m0/s1. The van der Waals surface area contributed by atoms with E-state index in [2.05, 4.69) is 10.6 Å². The molecular weight excluding hydrogens is 314 g/mol. The summed E-state index contributed by atoms with van der Waals surface area (Å²) in [6.07, 6.45) is 3.45. The average molecular weight is 339 g/mol. The summed E-state index contributed by atoms with van der Waals surface area (Å²) in [4.78, 5) is 49.5. The van der Waals surface area contributed by atoms with Crippen LogP contribution in [0.4, 0.5) is 4.79 Å². The van der Waals surface area contributed by atoms with E-state index >= 15 is 0 Å². The zero-order valence-corrected chi connectivity index (χ0v) is 14.3. The van der Waals surface area contributed by atoms with Gasteiger partial charge >= 0.3 is 12.0 Å². The van der Waals surface area contributed by atoms with E-state index in [0.29, 0.717) is 19.3 Å². The highest BCUT2D eigenvalue weighted by molar-refractivity contribution is 6.10. The lowest BCUT2D eigenvalue weighted by Gasteiger charge is -2.26. The molecular formula is C16H25N3O5. The van der Waals surface area contributed by atoms with E-state index in [1.165, 1.54) is 6.92 Å². The average Bonchev–Trinajstić information content (AvgIpc) is 3.09. The number of rotatable bonds is 6. The van der Waals surface area contributed by atoms with Crippen molar-refractivity contribution in [3.63, 3.8) is 0 Å². The van der Waals surface area contributed by atoms with Crippen LogP contribution >= 0.6 is 0 Å². The summed E-state index contributed by atoms with van der Waals surface area (Å²) < 4.78 is 0.